The Morgan fingerprint density at radius 3 is 2.86 bits per heavy atom. The smallest absolute Gasteiger partial charge is 0.251 e. The zero-order valence-corrected chi connectivity index (χ0v) is 15.8. The van der Waals surface area contributed by atoms with Crippen molar-refractivity contribution in [1.82, 2.24) is 19.9 Å². The molecule has 3 heterocycles. The van der Waals surface area contributed by atoms with Gasteiger partial charge in [-0.1, -0.05) is 18.2 Å². The van der Waals surface area contributed by atoms with Crippen LogP contribution in [0.5, 0.6) is 0 Å². The predicted molar refractivity (Wildman–Crippen MR) is 107 cm³/mol. The third-order valence-electron chi connectivity index (χ3n) is 5.09. The molecular weight excluding hydrogens is 371 g/mol. The molecule has 0 radical (unpaired) electrons. The van der Waals surface area contributed by atoms with Crippen molar-refractivity contribution in [3.8, 4) is 11.4 Å². The highest BCUT2D eigenvalue weighted by Crippen LogP contribution is 2.25. The van der Waals surface area contributed by atoms with E-state index in [9.17, 15) is 14.0 Å². The van der Waals surface area contributed by atoms with Crippen LogP contribution in [0.25, 0.3) is 11.4 Å². The number of benzene rings is 1. The monoisotopic (exact) mass is 392 g/mol. The molecule has 0 saturated carbocycles. The summed E-state index contributed by atoms with van der Waals surface area (Å²) in [5.41, 5.74) is 1.57. The first kappa shape index (κ1) is 19.0. The molecule has 3 aromatic rings. The van der Waals surface area contributed by atoms with Crippen LogP contribution in [0.2, 0.25) is 0 Å². The molecule has 1 aromatic carbocycles. The molecule has 1 aliphatic heterocycles. The second-order valence-corrected chi connectivity index (χ2v) is 7.22. The van der Waals surface area contributed by atoms with E-state index in [0.717, 1.165) is 12.8 Å². The molecule has 0 spiro atoms. The molecule has 6 nitrogen and oxygen atoms in total. The number of carbonyl (C=O) groups is 1. The molecule has 1 N–H and O–H groups in total. The third-order valence-corrected chi connectivity index (χ3v) is 5.09. The molecule has 0 aliphatic carbocycles. The zero-order chi connectivity index (χ0) is 20.2. The minimum atomic E-state index is -0.347. The number of carbonyl (C=O) groups excluding carboxylic acids is 1. The number of H-pyrrole nitrogens is 1. The van der Waals surface area contributed by atoms with E-state index >= 15 is 0 Å². The van der Waals surface area contributed by atoms with E-state index in [1.165, 1.54) is 18.2 Å². The molecule has 1 aliphatic rings. The molecule has 1 unspecified atom stereocenters. The van der Waals surface area contributed by atoms with Gasteiger partial charge in [0.25, 0.3) is 5.56 Å². The number of hydrogen-bond donors (Lipinski definition) is 1. The maximum atomic E-state index is 13.4. The summed E-state index contributed by atoms with van der Waals surface area (Å²) >= 11 is 0. The molecule has 1 amide bonds. The molecule has 148 valence electrons. The average molecular weight is 392 g/mol. The highest BCUT2D eigenvalue weighted by Gasteiger charge is 2.26. The van der Waals surface area contributed by atoms with Crippen molar-refractivity contribution in [3.63, 3.8) is 0 Å². The number of pyridine rings is 1. The van der Waals surface area contributed by atoms with Crippen LogP contribution in [0.3, 0.4) is 0 Å². The molecule has 1 saturated heterocycles. The maximum Gasteiger partial charge on any atom is 0.251 e. The summed E-state index contributed by atoms with van der Waals surface area (Å²) in [6.45, 7) is 1.12. The first-order chi connectivity index (χ1) is 14.1. The Morgan fingerprint density at radius 2 is 2.07 bits per heavy atom. The van der Waals surface area contributed by atoms with Gasteiger partial charge in [0.05, 0.1) is 17.8 Å². The minimum Gasteiger partial charge on any atom is -0.342 e. The number of aromatic nitrogens is 3. The van der Waals surface area contributed by atoms with Crippen LogP contribution in [0.15, 0.2) is 59.5 Å². The Hall–Kier alpha value is -3.35. The van der Waals surface area contributed by atoms with Crippen molar-refractivity contribution in [2.75, 3.05) is 13.1 Å². The molecule has 29 heavy (non-hydrogen) atoms. The summed E-state index contributed by atoms with van der Waals surface area (Å²) < 4.78 is 13.4. The van der Waals surface area contributed by atoms with Gasteiger partial charge in [-0.15, -0.1) is 0 Å². The summed E-state index contributed by atoms with van der Waals surface area (Å²) in [6.07, 6.45) is 3.46. The lowest BCUT2D eigenvalue weighted by Gasteiger charge is -2.32. The van der Waals surface area contributed by atoms with Gasteiger partial charge in [0.2, 0.25) is 5.91 Å². The van der Waals surface area contributed by atoms with Gasteiger partial charge < -0.3 is 9.88 Å². The summed E-state index contributed by atoms with van der Waals surface area (Å²) in [6, 6.07) is 13.0. The van der Waals surface area contributed by atoms with Gasteiger partial charge in [0, 0.05) is 31.3 Å². The lowest BCUT2D eigenvalue weighted by atomic mass is 9.96. The number of aromatic amines is 1. The van der Waals surface area contributed by atoms with Crippen molar-refractivity contribution < 1.29 is 9.18 Å². The first-order valence-electron chi connectivity index (χ1n) is 9.63. The molecular formula is C22H21FN4O2. The van der Waals surface area contributed by atoms with Crippen LogP contribution in [-0.2, 0) is 11.2 Å². The van der Waals surface area contributed by atoms with Crippen molar-refractivity contribution in [1.29, 1.82) is 0 Å². The number of nitrogens with one attached hydrogen (secondary N) is 1. The molecule has 1 fully saturated rings. The normalized spacial score (nSPS) is 16.6. The minimum absolute atomic E-state index is 0.0523. The molecule has 2 aromatic heterocycles. The molecule has 1 atom stereocenters. The predicted octanol–water partition coefficient (Wildman–Crippen LogP) is 2.92. The quantitative estimate of drug-likeness (QED) is 0.741. The Kier molecular flexibility index (Phi) is 5.46. The Balaban J connectivity index is 1.52. The topological polar surface area (TPSA) is 79.0 Å². The van der Waals surface area contributed by atoms with E-state index < -0.39 is 0 Å². The van der Waals surface area contributed by atoms with Crippen LogP contribution in [0.1, 0.15) is 30.1 Å². The van der Waals surface area contributed by atoms with E-state index in [4.69, 9.17) is 0 Å². The van der Waals surface area contributed by atoms with E-state index in [0.29, 0.717) is 35.9 Å². The lowest BCUT2D eigenvalue weighted by Crippen LogP contribution is -2.40. The van der Waals surface area contributed by atoms with Crippen molar-refractivity contribution >= 4 is 5.91 Å². The number of hydrogen-bond acceptors (Lipinski definition) is 4. The molecule has 4 rings (SSSR count). The summed E-state index contributed by atoms with van der Waals surface area (Å²) in [5.74, 6) is 0.112. The Labute approximate surface area is 167 Å². The van der Waals surface area contributed by atoms with E-state index in [1.807, 2.05) is 6.07 Å². The number of rotatable bonds is 4. The summed E-state index contributed by atoms with van der Waals surface area (Å²) in [7, 11) is 0. The van der Waals surface area contributed by atoms with Crippen LogP contribution < -0.4 is 5.56 Å². The number of amides is 1. The van der Waals surface area contributed by atoms with Crippen LogP contribution in [0.4, 0.5) is 4.39 Å². The zero-order valence-electron chi connectivity index (χ0n) is 15.8. The Bertz CT molecular complexity index is 1070. The SMILES string of the molecule is O=C(Cc1cccc(F)c1)N1CCCC(c2nc(-c3ccccn3)cc(=O)[nH]2)C1. The third kappa shape index (κ3) is 4.56. The van der Waals surface area contributed by atoms with Gasteiger partial charge in [-0.25, -0.2) is 9.37 Å². The van der Waals surface area contributed by atoms with Crippen molar-refractivity contribution in [2.45, 2.75) is 25.2 Å². The van der Waals surface area contributed by atoms with Gasteiger partial charge in [0.15, 0.2) is 0 Å². The van der Waals surface area contributed by atoms with E-state index in [1.54, 1.807) is 35.4 Å². The molecule has 0 bridgehead atoms. The van der Waals surface area contributed by atoms with Gasteiger partial charge in [0.1, 0.15) is 11.6 Å². The standard InChI is InChI=1S/C22H21FN4O2/c23-17-7-3-5-15(11-17)12-21(29)27-10-4-6-16(14-27)22-25-19(13-20(28)26-22)18-8-1-2-9-24-18/h1-3,5,7-9,11,13,16H,4,6,10,12,14H2,(H,25,26,28). The molecule has 7 heteroatoms. The van der Waals surface area contributed by atoms with E-state index in [2.05, 4.69) is 15.0 Å². The second-order valence-electron chi connectivity index (χ2n) is 7.22. The van der Waals surface area contributed by atoms with Crippen LogP contribution in [0, 0.1) is 5.82 Å². The van der Waals surface area contributed by atoms with Gasteiger partial charge in [-0.2, -0.15) is 0 Å². The van der Waals surface area contributed by atoms with Gasteiger partial charge in [-0.05, 0) is 42.7 Å². The average Bonchev–Trinajstić information content (AvgIpc) is 2.74. The summed E-state index contributed by atoms with van der Waals surface area (Å²) in [5, 5.41) is 0. The van der Waals surface area contributed by atoms with Gasteiger partial charge >= 0.3 is 0 Å². The second kappa shape index (κ2) is 8.34. The highest BCUT2D eigenvalue weighted by molar-refractivity contribution is 5.79. The van der Waals surface area contributed by atoms with Crippen molar-refractivity contribution in [2.24, 2.45) is 0 Å². The number of piperidine rings is 1. The van der Waals surface area contributed by atoms with Crippen LogP contribution in [-0.4, -0.2) is 38.8 Å². The fourth-order valence-electron chi connectivity index (χ4n) is 3.68. The summed E-state index contributed by atoms with van der Waals surface area (Å²) in [4.78, 5) is 38.4. The Morgan fingerprint density at radius 1 is 1.17 bits per heavy atom. The first-order valence-corrected chi connectivity index (χ1v) is 9.63. The fourth-order valence-corrected chi connectivity index (χ4v) is 3.68. The lowest BCUT2D eigenvalue weighted by molar-refractivity contribution is -0.131. The van der Waals surface area contributed by atoms with Crippen LogP contribution >= 0.6 is 0 Å². The number of nitrogens with zero attached hydrogens (tertiary/aromatic N) is 3. The number of halogens is 1. The maximum absolute atomic E-state index is 13.4. The largest absolute Gasteiger partial charge is 0.342 e. The fraction of sp³-hybridized carbons (Fsp3) is 0.273. The van der Waals surface area contributed by atoms with Crippen molar-refractivity contribution in [3.05, 3.63) is 82.3 Å². The highest BCUT2D eigenvalue weighted by atomic mass is 19.1. The number of likely N-dealkylation sites (tertiary alicyclic amines) is 1. The van der Waals surface area contributed by atoms with E-state index in [-0.39, 0.29) is 29.6 Å². The van der Waals surface area contributed by atoms with Gasteiger partial charge in [-0.3, -0.25) is 14.6 Å².